The quantitative estimate of drug-likeness (QED) is 0.612. The lowest BCUT2D eigenvalue weighted by Crippen LogP contribution is -2.38. The fourth-order valence-corrected chi connectivity index (χ4v) is 3.37. The lowest BCUT2D eigenvalue weighted by molar-refractivity contribution is 0.222. The van der Waals surface area contributed by atoms with Crippen molar-refractivity contribution in [3.05, 3.63) is 0 Å². The molecule has 0 heterocycles. The highest BCUT2D eigenvalue weighted by molar-refractivity contribution is 4.99. The summed E-state index contributed by atoms with van der Waals surface area (Å²) in [6, 6.07) is 0.536. The van der Waals surface area contributed by atoms with Crippen molar-refractivity contribution in [2.75, 3.05) is 0 Å². The maximum absolute atomic E-state index is 6.17. The van der Waals surface area contributed by atoms with Crippen LogP contribution in [0.15, 0.2) is 0 Å². The predicted molar refractivity (Wildman–Crippen MR) is 47.1 cm³/mol. The molecule has 4 atom stereocenters. The van der Waals surface area contributed by atoms with Crippen molar-refractivity contribution in [3.8, 4) is 0 Å². The third-order valence-electron chi connectivity index (χ3n) is 3.82. The van der Waals surface area contributed by atoms with Gasteiger partial charge in [-0.15, -0.1) is 0 Å². The number of hydrogen-bond acceptors (Lipinski definition) is 1. The average molecular weight is 153 g/mol. The predicted octanol–water partition coefficient (Wildman–Crippen LogP) is 2.02. The minimum atomic E-state index is 0.536. The Morgan fingerprint density at radius 2 is 1.82 bits per heavy atom. The van der Waals surface area contributed by atoms with E-state index in [2.05, 4.69) is 13.8 Å². The first-order valence-electron chi connectivity index (χ1n) is 4.95. The Kier molecular flexibility index (Phi) is 1.71. The summed E-state index contributed by atoms with van der Waals surface area (Å²) in [4.78, 5) is 0. The zero-order valence-electron chi connectivity index (χ0n) is 7.59. The van der Waals surface area contributed by atoms with Gasteiger partial charge in [0.05, 0.1) is 0 Å². The van der Waals surface area contributed by atoms with Crippen molar-refractivity contribution < 1.29 is 0 Å². The molecule has 0 spiro atoms. The van der Waals surface area contributed by atoms with Crippen LogP contribution < -0.4 is 5.73 Å². The van der Waals surface area contributed by atoms with E-state index < -0.39 is 0 Å². The first kappa shape index (κ1) is 7.60. The van der Waals surface area contributed by atoms with Gasteiger partial charge in [0.1, 0.15) is 0 Å². The molecule has 2 bridgehead atoms. The zero-order valence-corrected chi connectivity index (χ0v) is 7.59. The molecule has 0 aromatic rings. The standard InChI is InChI=1S/C10H19N/c1-6(2)9-7-3-4-8(5-7)10(9)11/h6-10H,3-5,11H2,1-2H3/t7-,8-,9-,10-/m0/s1. The third kappa shape index (κ3) is 1.01. The van der Waals surface area contributed by atoms with Crippen LogP contribution >= 0.6 is 0 Å². The molecule has 2 aliphatic carbocycles. The van der Waals surface area contributed by atoms with Crippen LogP contribution in [-0.2, 0) is 0 Å². The fourth-order valence-electron chi connectivity index (χ4n) is 3.37. The number of nitrogens with two attached hydrogens (primary N) is 1. The second-order valence-electron chi connectivity index (χ2n) is 4.73. The van der Waals surface area contributed by atoms with Crippen LogP contribution in [0.3, 0.4) is 0 Å². The third-order valence-corrected chi connectivity index (χ3v) is 3.82. The van der Waals surface area contributed by atoms with Crippen LogP contribution in [0.2, 0.25) is 0 Å². The summed E-state index contributed by atoms with van der Waals surface area (Å²) >= 11 is 0. The molecule has 0 aromatic heterocycles. The van der Waals surface area contributed by atoms with Gasteiger partial charge in [-0.05, 0) is 42.9 Å². The topological polar surface area (TPSA) is 26.0 Å². The maximum Gasteiger partial charge on any atom is 0.0101 e. The van der Waals surface area contributed by atoms with Gasteiger partial charge in [-0.25, -0.2) is 0 Å². The molecule has 2 saturated carbocycles. The van der Waals surface area contributed by atoms with Gasteiger partial charge in [0.2, 0.25) is 0 Å². The molecule has 11 heavy (non-hydrogen) atoms. The van der Waals surface area contributed by atoms with E-state index >= 15 is 0 Å². The van der Waals surface area contributed by atoms with Gasteiger partial charge in [0.25, 0.3) is 0 Å². The molecule has 1 heteroatoms. The molecule has 0 amide bonds. The molecule has 2 fully saturated rings. The molecule has 1 nitrogen and oxygen atoms in total. The summed E-state index contributed by atoms with van der Waals surface area (Å²) < 4.78 is 0. The van der Waals surface area contributed by atoms with Gasteiger partial charge >= 0.3 is 0 Å². The van der Waals surface area contributed by atoms with E-state index in [4.69, 9.17) is 5.73 Å². The molecule has 0 saturated heterocycles. The Morgan fingerprint density at radius 1 is 1.18 bits per heavy atom. The van der Waals surface area contributed by atoms with Gasteiger partial charge in [0.15, 0.2) is 0 Å². The van der Waals surface area contributed by atoms with Gasteiger partial charge in [-0.3, -0.25) is 0 Å². The molecule has 0 radical (unpaired) electrons. The smallest absolute Gasteiger partial charge is 0.0101 e. The summed E-state index contributed by atoms with van der Waals surface area (Å²) in [5, 5.41) is 0. The molecule has 64 valence electrons. The maximum atomic E-state index is 6.17. The van der Waals surface area contributed by atoms with Crippen LogP contribution in [-0.4, -0.2) is 6.04 Å². The molecular weight excluding hydrogens is 134 g/mol. The van der Waals surface area contributed by atoms with Crippen LogP contribution in [0, 0.1) is 23.7 Å². The average Bonchev–Trinajstić information content (AvgIpc) is 2.44. The van der Waals surface area contributed by atoms with E-state index in [1.54, 1.807) is 0 Å². The largest absolute Gasteiger partial charge is 0.327 e. The van der Waals surface area contributed by atoms with Crippen molar-refractivity contribution in [1.82, 2.24) is 0 Å². The van der Waals surface area contributed by atoms with E-state index in [0.717, 1.165) is 23.7 Å². The monoisotopic (exact) mass is 153 g/mol. The number of rotatable bonds is 1. The lowest BCUT2D eigenvalue weighted by Gasteiger charge is -2.31. The normalized spacial score (nSPS) is 49.1. The number of hydrogen-bond donors (Lipinski definition) is 1. The van der Waals surface area contributed by atoms with Crippen LogP contribution in [0.5, 0.6) is 0 Å². The van der Waals surface area contributed by atoms with Crippen molar-refractivity contribution in [2.45, 2.75) is 39.2 Å². The molecule has 2 aliphatic rings. The highest BCUT2D eigenvalue weighted by Crippen LogP contribution is 2.50. The Bertz CT molecular complexity index is 151. The van der Waals surface area contributed by atoms with E-state index in [1.807, 2.05) is 0 Å². The van der Waals surface area contributed by atoms with Gasteiger partial charge in [-0.2, -0.15) is 0 Å². The summed E-state index contributed by atoms with van der Waals surface area (Å²) in [7, 11) is 0. The highest BCUT2D eigenvalue weighted by Gasteiger charge is 2.46. The summed E-state index contributed by atoms with van der Waals surface area (Å²) in [5.41, 5.74) is 6.17. The van der Waals surface area contributed by atoms with E-state index in [0.29, 0.717) is 6.04 Å². The molecule has 2 rings (SSSR count). The van der Waals surface area contributed by atoms with E-state index in [9.17, 15) is 0 Å². The van der Waals surface area contributed by atoms with Crippen molar-refractivity contribution in [3.63, 3.8) is 0 Å². The molecular formula is C10H19N. The Hall–Kier alpha value is -0.0400. The van der Waals surface area contributed by atoms with Gasteiger partial charge in [-0.1, -0.05) is 13.8 Å². The Labute approximate surface area is 69.4 Å². The molecule has 2 N–H and O–H groups in total. The lowest BCUT2D eigenvalue weighted by atomic mass is 9.78. The van der Waals surface area contributed by atoms with Crippen LogP contribution in [0.1, 0.15) is 33.1 Å². The van der Waals surface area contributed by atoms with Gasteiger partial charge in [0, 0.05) is 6.04 Å². The molecule has 0 aromatic carbocycles. The first-order valence-corrected chi connectivity index (χ1v) is 4.95. The summed E-state index contributed by atoms with van der Waals surface area (Å²) in [6.45, 7) is 4.65. The van der Waals surface area contributed by atoms with E-state index in [1.165, 1.54) is 19.3 Å². The van der Waals surface area contributed by atoms with Gasteiger partial charge < -0.3 is 5.73 Å². The summed E-state index contributed by atoms with van der Waals surface area (Å²) in [6.07, 6.45) is 4.31. The molecule has 0 aliphatic heterocycles. The zero-order chi connectivity index (χ0) is 8.01. The second-order valence-corrected chi connectivity index (χ2v) is 4.73. The van der Waals surface area contributed by atoms with Crippen molar-refractivity contribution in [2.24, 2.45) is 29.4 Å². The minimum Gasteiger partial charge on any atom is -0.327 e. The van der Waals surface area contributed by atoms with Crippen LogP contribution in [0.25, 0.3) is 0 Å². The Balaban J connectivity index is 2.11. The second kappa shape index (κ2) is 2.48. The summed E-state index contributed by atoms with van der Waals surface area (Å²) in [5.74, 6) is 3.51. The van der Waals surface area contributed by atoms with E-state index in [-0.39, 0.29) is 0 Å². The SMILES string of the molecule is CC(C)[C@H]1[C@H]2CC[C@@H](C2)[C@@H]1N. The highest BCUT2D eigenvalue weighted by atomic mass is 14.7. The number of fused-ring (bicyclic) bond motifs is 2. The van der Waals surface area contributed by atoms with Crippen LogP contribution in [0.4, 0.5) is 0 Å². The fraction of sp³-hybridized carbons (Fsp3) is 1.00. The van der Waals surface area contributed by atoms with Crippen molar-refractivity contribution in [1.29, 1.82) is 0 Å². The van der Waals surface area contributed by atoms with Crippen molar-refractivity contribution >= 4 is 0 Å². The minimum absolute atomic E-state index is 0.536. The first-order chi connectivity index (χ1) is 5.20. The Morgan fingerprint density at radius 3 is 2.18 bits per heavy atom. The molecule has 0 unspecified atom stereocenters.